The van der Waals surface area contributed by atoms with Crippen molar-refractivity contribution in [2.45, 2.75) is 6.92 Å². The van der Waals surface area contributed by atoms with Gasteiger partial charge in [-0.15, -0.1) is 0 Å². The third kappa shape index (κ3) is 1.19. The Morgan fingerprint density at radius 2 is 2.29 bits per heavy atom. The van der Waals surface area contributed by atoms with Crippen molar-refractivity contribution in [1.82, 2.24) is 10.2 Å². The smallest absolute Gasteiger partial charge is 0.276 e. The summed E-state index contributed by atoms with van der Waals surface area (Å²) in [6.45, 7) is 1.71. The third-order valence-corrected chi connectivity index (χ3v) is 2.62. The zero-order valence-corrected chi connectivity index (χ0v) is 8.83. The topological polar surface area (TPSA) is 71.8 Å². The van der Waals surface area contributed by atoms with Crippen molar-refractivity contribution < 1.29 is 4.92 Å². The predicted molar refractivity (Wildman–Crippen MR) is 55.2 cm³/mol. The van der Waals surface area contributed by atoms with E-state index in [4.69, 9.17) is 0 Å². The minimum absolute atomic E-state index is 0.100. The van der Waals surface area contributed by atoms with E-state index in [1.54, 1.807) is 19.1 Å². The largest absolute Gasteiger partial charge is 0.284 e. The molecule has 0 saturated carbocycles. The molecule has 5 nitrogen and oxygen atoms in total. The molecule has 0 spiro atoms. The Morgan fingerprint density at radius 3 is 2.93 bits per heavy atom. The number of fused-ring (bicyclic) bond motifs is 1. The first-order chi connectivity index (χ1) is 6.61. The van der Waals surface area contributed by atoms with E-state index in [0.717, 1.165) is 0 Å². The molecule has 1 aromatic heterocycles. The first kappa shape index (κ1) is 9.14. The van der Waals surface area contributed by atoms with Gasteiger partial charge in [0.2, 0.25) is 0 Å². The maximum Gasteiger partial charge on any atom is 0.284 e. The number of aryl methyl sites for hydroxylation is 1. The number of aromatic nitrogens is 2. The van der Waals surface area contributed by atoms with Gasteiger partial charge in [-0.1, -0.05) is 6.07 Å². The van der Waals surface area contributed by atoms with Crippen molar-refractivity contribution in [1.29, 1.82) is 0 Å². The molecule has 0 aliphatic rings. The quantitative estimate of drug-likeness (QED) is 0.629. The highest BCUT2D eigenvalue weighted by Crippen LogP contribution is 2.32. The molecule has 1 heterocycles. The summed E-state index contributed by atoms with van der Waals surface area (Å²) in [5.41, 5.74) is 1.39. The number of nitro groups is 1. The summed E-state index contributed by atoms with van der Waals surface area (Å²) in [6, 6.07) is 3.47. The summed E-state index contributed by atoms with van der Waals surface area (Å²) < 4.78 is 0.475. The SMILES string of the molecule is Cc1ccc2[nH]nc(Br)c2c1[N+](=O)[O-]. The van der Waals surface area contributed by atoms with Crippen LogP contribution < -0.4 is 0 Å². The second-order valence-electron chi connectivity index (χ2n) is 2.93. The summed E-state index contributed by atoms with van der Waals surface area (Å²) in [6.07, 6.45) is 0. The standard InChI is InChI=1S/C8H6BrN3O2/c1-4-2-3-5-6(7(4)12(13)14)8(9)11-10-5/h2-3H,1H3,(H,10,11). The lowest BCUT2D eigenvalue weighted by Crippen LogP contribution is -1.92. The first-order valence-electron chi connectivity index (χ1n) is 3.89. The Kier molecular flexibility index (Phi) is 1.99. The van der Waals surface area contributed by atoms with Gasteiger partial charge >= 0.3 is 0 Å². The van der Waals surface area contributed by atoms with Crippen molar-refractivity contribution in [2.75, 3.05) is 0 Å². The Labute approximate surface area is 87.4 Å². The molecule has 0 aliphatic carbocycles. The predicted octanol–water partition coefficient (Wildman–Crippen LogP) is 2.54. The molecule has 0 fully saturated rings. The van der Waals surface area contributed by atoms with Crippen LogP contribution in [0.1, 0.15) is 5.56 Å². The van der Waals surface area contributed by atoms with Crippen LogP contribution in [-0.4, -0.2) is 15.1 Å². The Balaban J connectivity index is 2.94. The number of rotatable bonds is 1. The molecule has 0 radical (unpaired) electrons. The zero-order chi connectivity index (χ0) is 10.3. The number of nitrogens with one attached hydrogen (secondary N) is 1. The van der Waals surface area contributed by atoms with E-state index in [9.17, 15) is 10.1 Å². The van der Waals surface area contributed by atoms with Crippen molar-refractivity contribution >= 4 is 32.5 Å². The summed E-state index contributed by atoms with van der Waals surface area (Å²) in [5.74, 6) is 0. The molecule has 2 rings (SSSR count). The van der Waals surface area contributed by atoms with Crippen LogP contribution >= 0.6 is 15.9 Å². The van der Waals surface area contributed by atoms with Crippen molar-refractivity contribution in [3.63, 3.8) is 0 Å². The van der Waals surface area contributed by atoms with Gasteiger partial charge in [-0.3, -0.25) is 15.2 Å². The Morgan fingerprint density at radius 1 is 1.57 bits per heavy atom. The maximum atomic E-state index is 10.8. The molecular formula is C8H6BrN3O2. The molecule has 0 aliphatic heterocycles. The molecule has 0 unspecified atom stereocenters. The second kappa shape index (κ2) is 3.06. The van der Waals surface area contributed by atoms with Crippen LogP contribution in [0.15, 0.2) is 16.7 Å². The number of nitro benzene ring substituents is 1. The van der Waals surface area contributed by atoms with E-state index in [0.29, 0.717) is 21.1 Å². The molecule has 0 bridgehead atoms. The van der Waals surface area contributed by atoms with E-state index >= 15 is 0 Å². The molecule has 1 aromatic carbocycles. The Bertz CT molecular complexity index is 521. The van der Waals surface area contributed by atoms with Gasteiger partial charge in [0, 0.05) is 5.56 Å². The van der Waals surface area contributed by atoms with Crippen molar-refractivity contribution in [2.24, 2.45) is 0 Å². The monoisotopic (exact) mass is 255 g/mol. The lowest BCUT2D eigenvalue weighted by Gasteiger charge is -1.97. The Hall–Kier alpha value is -1.43. The molecule has 0 atom stereocenters. The van der Waals surface area contributed by atoms with Crippen LogP contribution in [0.25, 0.3) is 10.9 Å². The fraction of sp³-hybridized carbons (Fsp3) is 0.125. The van der Waals surface area contributed by atoms with E-state index < -0.39 is 4.92 Å². The van der Waals surface area contributed by atoms with Gasteiger partial charge in [-0.2, -0.15) is 5.10 Å². The lowest BCUT2D eigenvalue weighted by atomic mass is 10.1. The van der Waals surface area contributed by atoms with Crippen LogP contribution in [0, 0.1) is 17.0 Å². The molecule has 6 heteroatoms. The van der Waals surface area contributed by atoms with Gasteiger partial charge in [0.05, 0.1) is 10.4 Å². The van der Waals surface area contributed by atoms with Gasteiger partial charge in [0.15, 0.2) is 0 Å². The van der Waals surface area contributed by atoms with E-state index in [-0.39, 0.29) is 5.69 Å². The summed E-state index contributed by atoms with van der Waals surface area (Å²) >= 11 is 3.17. The molecule has 14 heavy (non-hydrogen) atoms. The average molecular weight is 256 g/mol. The van der Waals surface area contributed by atoms with Crippen LogP contribution in [0.4, 0.5) is 5.69 Å². The number of H-pyrrole nitrogens is 1. The summed E-state index contributed by atoms with van der Waals surface area (Å²) in [4.78, 5) is 10.4. The highest BCUT2D eigenvalue weighted by molar-refractivity contribution is 9.10. The van der Waals surface area contributed by atoms with E-state index in [1.165, 1.54) is 0 Å². The molecule has 1 N–H and O–H groups in total. The highest BCUT2D eigenvalue weighted by Gasteiger charge is 2.19. The molecule has 2 aromatic rings. The van der Waals surface area contributed by atoms with Crippen LogP contribution in [0.5, 0.6) is 0 Å². The number of aromatic amines is 1. The van der Waals surface area contributed by atoms with E-state index in [2.05, 4.69) is 26.1 Å². The maximum absolute atomic E-state index is 10.8. The van der Waals surface area contributed by atoms with E-state index in [1.807, 2.05) is 0 Å². The minimum Gasteiger partial charge on any atom is -0.276 e. The molecule has 0 amide bonds. The van der Waals surface area contributed by atoms with Crippen LogP contribution in [0.3, 0.4) is 0 Å². The van der Waals surface area contributed by atoms with Gasteiger partial charge in [-0.05, 0) is 28.9 Å². The normalized spacial score (nSPS) is 10.7. The number of benzene rings is 1. The van der Waals surface area contributed by atoms with Gasteiger partial charge < -0.3 is 0 Å². The lowest BCUT2D eigenvalue weighted by molar-refractivity contribution is -0.383. The van der Waals surface area contributed by atoms with Crippen LogP contribution in [0.2, 0.25) is 0 Å². The average Bonchev–Trinajstić information content (AvgIpc) is 2.47. The minimum atomic E-state index is -0.391. The van der Waals surface area contributed by atoms with Gasteiger partial charge in [0.25, 0.3) is 5.69 Å². The van der Waals surface area contributed by atoms with Crippen molar-refractivity contribution in [3.05, 3.63) is 32.4 Å². The van der Waals surface area contributed by atoms with Gasteiger partial charge in [-0.25, -0.2) is 0 Å². The number of hydrogen-bond acceptors (Lipinski definition) is 3. The highest BCUT2D eigenvalue weighted by atomic mass is 79.9. The van der Waals surface area contributed by atoms with Crippen molar-refractivity contribution in [3.8, 4) is 0 Å². The summed E-state index contributed by atoms with van der Waals surface area (Å²) in [7, 11) is 0. The molecule has 72 valence electrons. The second-order valence-corrected chi connectivity index (χ2v) is 3.68. The zero-order valence-electron chi connectivity index (χ0n) is 7.24. The number of hydrogen-bond donors (Lipinski definition) is 1. The third-order valence-electron chi connectivity index (χ3n) is 2.04. The number of nitrogens with zero attached hydrogens (tertiary/aromatic N) is 2. The number of halogens is 1. The molecular weight excluding hydrogens is 250 g/mol. The molecule has 0 saturated heterocycles. The fourth-order valence-electron chi connectivity index (χ4n) is 1.40. The first-order valence-corrected chi connectivity index (χ1v) is 4.68. The van der Waals surface area contributed by atoms with Crippen LogP contribution in [-0.2, 0) is 0 Å². The van der Waals surface area contributed by atoms with Gasteiger partial charge in [0.1, 0.15) is 9.99 Å². The summed E-state index contributed by atoms with van der Waals surface area (Å²) in [5, 5.41) is 17.9. The fourth-order valence-corrected chi connectivity index (χ4v) is 1.89.